The summed E-state index contributed by atoms with van der Waals surface area (Å²) in [6.45, 7) is 1.01. The van der Waals surface area contributed by atoms with Crippen molar-refractivity contribution < 1.29 is 14.6 Å². The molecule has 1 aromatic carbocycles. The number of nitrogens with zero attached hydrogens (tertiary/aromatic N) is 1. The molecule has 1 saturated carbocycles. The molecule has 5 heteroatoms. The fraction of sp³-hybridized carbons (Fsp3) is 0.667. The summed E-state index contributed by atoms with van der Waals surface area (Å²) in [6, 6.07) is 4.15. The molecule has 2 bridgehead atoms. The summed E-state index contributed by atoms with van der Waals surface area (Å²) < 4.78 is 12.6. The molecule has 4 aliphatic rings. The first-order chi connectivity index (χ1) is 11.0. The Morgan fingerprint density at radius 3 is 3.00 bits per heavy atom. The molecule has 2 aliphatic heterocycles. The van der Waals surface area contributed by atoms with Crippen LogP contribution in [0, 0.1) is 0 Å². The second-order valence-corrected chi connectivity index (χ2v) is 7.70. The van der Waals surface area contributed by atoms with Gasteiger partial charge in [-0.25, -0.2) is 0 Å². The van der Waals surface area contributed by atoms with Gasteiger partial charge in [-0.15, -0.1) is 0 Å². The highest BCUT2D eigenvalue weighted by molar-refractivity contribution is 5.62. The number of hydrogen-bond donors (Lipinski definition) is 2. The Morgan fingerprint density at radius 2 is 2.22 bits per heavy atom. The van der Waals surface area contributed by atoms with Crippen molar-refractivity contribution in [3.63, 3.8) is 0 Å². The van der Waals surface area contributed by atoms with Crippen LogP contribution in [-0.2, 0) is 16.6 Å². The van der Waals surface area contributed by atoms with E-state index < -0.39 is 0 Å². The van der Waals surface area contributed by atoms with Gasteiger partial charge in [-0.3, -0.25) is 0 Å². The molecule has 0 aromatic heterocycles. The molecule has 5 rings (SSSR count). The van der Waals surface area contributed by atoms with E-state index in [2.05, 4.69) is 18.0 Å². The van der Waals surface area contributed by atoms with Gasteiger partial charge in [-0.05, 0) is 50.9 Å². The van der Waals surface area contributed by atoms with Crippen LogP contribution in [0.5, 0.6) is 11.5 Å². The zero-order chi connectivity index (χ0) is 16.0. The molecule has 1 saturated heterocycles. The average Bonchev–Trinajstić information content (AvgIpc) is 2.91. The lowest BCUT2D eigenvalue weighted by atomic mass is 9.48. The number of nitrogens with two attached hydrogens (primary N) is 1. The van der Waals surface area contributed by atoms with Gasteiger partial charge in [0.1, 0.15) is 6.10 Å². The van der Waals surface area contributed by atoms with E-state index in [0.29, 0.717) is 11.8 Å². The number of phenolic OH excluding ortho intramolecular Hbond substituents is 1. The van der Waals surface area contributed by atoms with E-state index in [4.69, 9.17) is 15.2 Å². The molecule has 124 valence electrons. The number of phenols is 1. The van der Waals surface area contributed by atoms with Crippen molar-refractivity contribution in [2.75, 3.05) is 20.7 Å². The van der Waals surface area contributed by atoms with Crippen molar-refractivity contribution in [1.82, 2.24) is 4.90 Å². The smallest absolute Gasteiger partial charge is 0.165 e. The third-order valence-electron chi connectivity index (χ3n) is 7.10. The number of hydrogen-bond acceptors (Lipinski definition) is 5. The molecule has 0 radical (unpaired) electrons. The van der Waals surface area contributed by atoms with E-state index in [1.54, 1.807) is 6.07 Å². The number of rotatable bonds is 1. The first-order valence-corrected chi connectivity index (χ1v) is 8.58. The molecule has 3 N–H and O–H groups in total. The molecular formula is C18H24N2O3. The van der Waals surface area contributed by atoms with Crippen LogP contribution in [0.15, 0.2) is 12.1 Å². The van der Waals surface area contributed by atoms with Gasteiger partial charge in [-0.2, -0.15) is 0 Å². The molecular weight excluding hydrogens is 292 g/mol. The van der Waals surface area contributed by atoms with Crippen molar-refractivity contribution in [3.8, 4) is 11.5 Å². The monoisotopic (exact) mass is 316 g/mol. The minimum absolute atomic E-state index is 0.0138. The molecule has 1 aromatic rings. The van der Waals surface area contributed by atoms with E-state index in [0.717, 1.165) is 32.2 Å². The molecule has 0 amide bonds. The maximum atomic E-state index is 10.4. The minimum atomic E-state index is -0.271. The number of piperidine rings is 1. The van der Waals surface area contributed by atoms with Gasteiger partial charge in [0.15, 0.2) is 11.5 Å². The van der Waals surface area contributed by atoms with Crippen molar-refractivity contribution in [2.45, 2.75) is 54.9 Å². The molecule has 2 aliphatic carbocycles. The number of benzene rings is 1. The van der Waals surface area contributed by atoms with E-state index in [1.165, 1.54) is 11.1 Å². The summed E-state index contributed by atoms with van der Waals surface area (Å²) in [5.74, 6) is 0.899. The van der Waals surface area contributed by atoms with Crippen molar-refractivity contribution >= 4 is 0 Å². The number of aromatic hydroxyl groups is 1. The first-order valence-electron chi connectivity index (χ1n) is 8.58. The molecule has 1 unspecified atom stereocenters. The zero-order valence-electron chi connectivity index (χ0n) is 13.7. The van der Waals surface area contributed by atoms with Crippen LogP contribution in [0.25, 0.3) is 0 Å². The topological polar surface area (TPSA) is 68.0 Å². The van der Waals surface area contributed by atoms with Crippen LogP contribution < -0.4 is 10.5 Å². The van der Waals surface area contributed by atoms with Gasteiger partial charge in [-0.1, -0.05) is 6.07 Å². The molecule has 2 fully saturated rings. The molecule has 2 heterocycles. The third kappa shape index (κ3) is 1.33. The standard InChI is InChI=1S/C18H24N2O3/c1-20-8-7-17-14-10-3-4-12(21)15(14)23-16(17)11(19)5-6-18(17,22-2)13(20)9-10/h3-4,11,13,16,21H,5-9,19H2,1-2H3/t11-,13?,16+,17+,18-/m1/s1. The van der Waals surface area contributed by atoms with Gasteiger partial charge in [0.2, 0.25) is 0 Å². The van der Waals surface area contributed by atoms with Gasteiger partial charge in [0.05, 0.1) is 11.0 Å². The SMILES string of the molecule is CO[C@@]12CC[C@@H](N)[C@@H]3Oc4c(O)ccc5c4[C@@]31CCN(C)C2C5. The van der Waals surface area contributed by atoms with Crippen molar-refractivity contribution in [3.05, 3.63) is 23.3 Å². The highest BCUT2D eigenvalue weighted by atomic mass is 16.5. The predicted octanol–water partition coefficient (Wildman–Crippen LogP) is 1.16. The summed E-state index contributed by atoms with van der Waals surface area (Å²) in [5, 5.41) is 10.4. The summed E-state index contributed by atoms with van der Waals surface area (Å²) in [6.07, 6.45) is 3.66. The van der Waals surface area contributed by atoms with Gasteiger partial charge >= 0.3 is 0 Å². The van der Waals surface area contributed by atoms with Crippen LogP contribution in [-0.4, -0.2) is 54.5 Å². The Morgan fingerprint density at radius 1 is 1.39 bits per heavy atom. The van der Waals surface area contributed by atoms with E-state index >= 15 is 0 Å². The molecule has 23 heavy (non-hydrogen) atoms. The maximum Gasteiger partial charge on any atom is 0.165 e. The second-order valence-electron chi connectivity index (χ2n) is 7.70. The lowest BCUT2D eigenvalue weighted by Gasteiger charge is -2.65. The lowest BCUT2D eigenvalue weighted by molar-refractivity contribution is -0.201. The predicted molar refractivity (Wildman–Crippen MR) is 85.9 cm³/mol. The molecule has 5 atom stereocenters. The molecule has 1 spiro atoms. The van der Waals surface area contributed by atoms with Crippen LogP contribution >= 0.6 is 0 Å². The first kappa shape index (κ1) is 14.1. The van der Waals surface area contributed by atoms with Gasteiger partial charge in [0, 0.05) is 24.8 Å². The number of likely N-dealkylation sites (N-methyl/N-ethyl adjacent to an activating group) is 1. The average molecular weight is 316 g/mol. The molecule has 5 nitrogen and oxygen atoms in total. The van der Waals surface area contributed by atoms with Gasteiger partial charge in [0.25, 0.3) is 0 Å². The minimum Gasteiger partial charge on any atom is -0.504 e. The second kappa shape index (κ2) is 4.21. The Kier molecular flexibility index (Phi) is 2.57. The van der Waals surface area contributed by atoms with E-state index in [9.17, 15) is 5.11 Å². The van der Waals surface area contributed by atoms with Crippen molar-refractivity contribution in [1.29, 1.82) is 0 Å². The fourth-order valence-electron chi connectivity index (χ4n) is 6.18. The van der Waals surface area contributed by atoms with Crippen LogP contribution in [0.3, 0.4) is 0 Å². The third-order valence-corrected chi connectivity index (χ3v) is 7.10. The van der Waals surface area contributed by atoms with E-state index in [-0.39, 0.29) is 28.9 Å². The Balaban J connectivity index is 1.86. The van der Waals surface area contributed by atoms with Crippen LogP contribution in [0.2, 0.25) is 0 Å². The summed E-state index contributed by atoms with van der Waals surface area (Å²) in [5.41, 5.74) is 8.47. The Bertz CT molecular complexity index is 693. The number of likely N-dealkylation sites (tertiary alicyclic amines) is 1. The lowest BCUT2D eigenvalue weighted by Crippen LogP contribution is -2.78. The summed E-state index contributed by atoms with van der Waals surface area (Å²) in [7, 11) is 4.04. The van der Waals surface area contributed by atoms with Crippen LogP contribution in [0.1, 0.15) is 30.4 Å². The normalized spacial score (nSPS) is 43.9. The van der Waals surface area contributed by atoms with Crippen LogP contribution in [0.4, 0.5) is 0 Å². The van der Waals surface area contributed by atoms with Gasteiger partial charge < -0.3 is 25.2 Å². The van der Waals surface area contributed by atoms with E-state index in [1.807, 2.05) is 7.11 Å². The highest BCUT2D eigenvalue weighted by Crippen LogP contribution is 2.66. The fourth-order valence-corrected chi connectivity index (χ4v) is 6.18. The number of methoxy groups -OCH3 is 1. The summed E-state index contributed by atoms with van der Waals surface area (Å²) >= 11 is 0. The quantitative estimate of drug-likeness (QED) is 0.814. The number of ether oxygens (including phenoxy) is 2. The maximum absolute atomic E-state index is 10.4. The Labute approximate surface area is 136 Å². The largest absolute Gasteiger partial charge is 0.504 e. The summed E-state index contributed by atoms with van der Waals surface area (Å²) in [4.78, 5) is 2.44. The highest BCUT2D eigenvalue weighted by Gasteiger charge is 2.73. The van der Waals surface area contributed by atoms with Crippen molar-refractivity contribution in [2.24, 2.45) is 5.73 Å². The zero-order valence-corrected chi connectivity index (χ0v) is 13.7. The Hall–Kier alpha value is -1.30.